The highest BCUT2D eigenvalue weighted by molar-refractivity contribution is 6.05. The van der Waals surface area contributed by atoms with E-state index in [0.29, 0.717) is 23.6 Å². The second-order valence-electron chi connectivity index (χ2n) is 7.80. The molecule has 0 radical (unpaired) electrons. The first kappa shape index (κ1) is 20.4. The third kappa shape index (κ3) is 5.35. The van der Waals surface area contributed by atoms with Crippen molar-refractivity contribution < 1.29 is 9.53 Å². The number of hydrogen-bond acceptors (Lipinski definition) is 4. The number of anilines is 3. The summed E-state index contributed by atoms with van der Waals surface area (Å²) in [6.07, 6.45) is 3.25. The van der Waals surface area contributed by atoms with Crippen molar-refractivity contribution in [3.63, 3.8) is 0 Å². The van der Waals surface area contributed by atoms with Crippen molar-refractivity contribution in [1.82, 2.24) is 4.98 Å². The summed E-state index contributed by atoms with van der Waals surface area (Å²) < 4.78 is 5.57. The minimum absolute atomic E-state index is 0.107. The van der Waals surface area contributed by atoms with E-state index in [1.807, 2.05) is 43.3 Å². The highest BCUT2D eigenvalue weighted by Crippen LogP contribution is 2.26. The zero-order valence-corrected chi connectivity index (χ0v) is 17.3. The van der Waals surface area contributed by atoms with Gasteiger partial charge in [0.25, 0.3) is 5.91 Å². The molecule has 0 aliphatic carbocycles. The molecule has 0 saturated heterocycles. The molecular formula is C24H27N3O2. The van der Waals surface area contributed by atoms with Gasteiger partial charge in [0.15, 0.2) is 0 Å². The first-order valence-electron chi connectivity index (χ1n) is 9.72. The third-order valence-corrected chi connectivity index (χ3v) is 4.48. The number of carbonyl (C=O) groups excluding carboxylic acids is 1. The van der Waals surface area contributed by atoms with Gasteiger partial charge in [-0.1, -0.05) is 45.0 Å². The van der Waals surface area contributed by atoms with Crippen LogP contribution in [0, 0.1) is 0 Å². The van der Waals surface area contributed by atoms with E-state index in [-0.39, 0.29) is 11.3 Å². The van der Waals surface area contributed by atoms with Crippen molar-refractivity contribution in [2.75, 3.05) is 17.2 Å². The number of aromatic nitrogens is 1. The van der Waals surface area contributed by atoms with Crippen molar-refractivity contribution in [3.8, 4) is 5.75 Å². The Morgan fingerprint density at radius 1 is 1.00 bits per heavy atom. The largest absolute Gasteiger partial charge is 0.492 e. The molecule has 3 rings (SSSR count). The maximum Gasteiger partial charge on any atom is 0.257 e. The van der Waals surface area contributed by atoms with Crippen LogP contribution in [0.5, 0.6) is 5.75 Å². The molecule has 29 heavy (non-hydrogen) atoms. The topological polar surface area (TPSA) is 63.2 Å². The fourth-order valence-corrected chi connectivity index (χ4v) is 2.90. The first-order chi connectivity index (χ1) is 13.9. The lowest BCUT2D eigenvalue weighted by Crippen LogP contribution is -2.13. The summed E-state index contributed by atoms with van der Waals surface area (Å²) in [5, 5.41) is 6.20. The Labute approximate surface area is 172 Å². The molecule has 1 amide bonds. The first-order valence-corrected chi connectivity index (χ1v) is 9.72. The number of ether oxygens (including phenoxy) is 1. The maximum absolute atomic E-state index is 12.7. The fraction of sp³-hybridized carbons (Fsp3) is 0.250. The molecular weight excluding hydrogens is 362 g/mol. The molecule has 0 aliphatic heterocycles. The lowest BCUT2D eigenvalue weighted by Gasteiger charge is -2.19. The summed E-state index contributed by atoms with van der Waals surface area (Å²) in [6.45, 7) is 8.99. The standard InChI is InChI=1S/C24H27N3O2/c1-5-29-22-9-7-6-8-21(22)27-23(28)17-14-20(16-25-15-17)26-19-12-10-18(11-13-19)24(2,3)4/h6-16,26H,5H2,1-4H3,(H,27,28). The summed E-state index contributed by atoms with van der Waals surface area (Å²) in [4.78, 5) is 16.9. The molecule has 0 aliphatic rings. The van der Waals surface area contributed by atoms with Gasteiger partial charge in [0.05, 0.1) is 29.7 Å². The van der Waals surface area contributed by atoms with Crippen LogP contribution in [0.2, 0.25) is 0 Å². The molecule has 5 heteroatoms. The van der Waals surface area contributed by atoms with Crippen LogP contribution in [0.4, 0.5) is 17.1 Å². The SMILES string of the molecule is CCOc1ccccc1NC(=O)c1cncc(Nc2ccc(C(C)(C)C)cc2)c1. The smallest absolute Gasteiger partial charge is 0.257 e. The Morgan fingerprint density at radius 2 is 1.72 bits per heavy atom. The van der Waals surface area contributed by atoms with Crippen LogP contribution in [0.1, 0.15) is 43.6 Å². The summed E-state index contributed by atoms with van der Waals surface area (Å²) in [5.41, 5.74) is 4.17. The average Bonchev–Trinajstić information content (AvgIpc) is 2.69. The number of amides is 1. The number of benzene rings is 2. The van der Waals surface area contributed by atoms with Crippen LogP contribution < -0.4 is 15.4 Å². The van der Waals surface area contributed by atoms with E-state index >= 15 is 0 Å². The number of carbonyl (C=O) groups is 1. The molecule has 2 aromatic carbocycles. The van der Waals surface area contributed by atoms with Crippen LogP contribution in [0.15, 0.2) is 67.0 Å². The Bertz CT molecular complexity index is 976. The van der Waals surface area contributed by atoms with Crippen LogP contribution >= 0.6 is 0 Å². The van der Waals surface area contributed by atoms with Crippen molar-refractivity contribution in [1.29, 1.82) is 0 Å². The van der Waals surface area contributed by atoms with Gasteiger partial charge in [-0.2, -0.15) is 0 Å². The van der Waals surface area contributed by atoms with Crippen molar-refractivity contribution in [2.45, 2.75) is 33.1 Å². The summed E-state index contributed by atoms with van der Waals surface area (Å²) in [5.74, 6) is 0.404. The summed E-state index contributed by atoms with van der Waals surface area (Å²) >= 11 is 0. The summed E-state index contributed by atoms with van der Waals surface area (Å²) in [6, 6.07) is 17.4. The number of nitrogens with zero attached hydrogens (tertiary/aromatic N) is 1. The number of para-hydroxylation sites is 2. The highest BCUT2D eigenvalue weighted by Gasteiger charge is 2.13. The van der Waals surface area contributed by atoms with Gasteiger partial charge in [-0.15, -0.1) is 0 Å². The second kappa shape index (κ2) is 8.78. The number of nitrogens with one attached hydrogen (secondary N) is 2. The maximum atomic E-state index is 12.7. The molecule has 1 heterocycles. The zero-order chi connectivity index (χ0) is 20.9. The predicted molar refractivity (Wildman–Crippen MR) is 118 cm³/mol. The van der Waals surface area contributed by atoms with E-state index in [0.717, 1.165) is 11.4 Å². The molecule has 2 N–H and O–H groups in total. The van der Waals surface area contributed by atoms with E-state index < -0.39 is 0 Å². The third-order valence-electron chi connectivity index (χ3n) is 4.48. The zero-order valence-electron chi connectivity index (χ0n) is 17.3. The van der Waals surface area contributed by atoms with Crippen molar-refractivity contribution in [3.05, 3.63) is 78.1 Å². The number of pyridine rings is 1. The Morgan fingerprint density at radius 3 is 2.41 bits per heavy atom. The van der Waals surface area contributed by atoms with E-state index in [1.54, 1.807) is 18.5 Å². The van der Waals surface area contributed by atoms with Gasteiger partial charge in [0.1, 0.15) is 5.75 Å². The second-order valence-corrected chi connectivity index (χ2v) is 7.80. The van der Waals surface area contributed by atoms with Gasteiger partial charge >= 0.3 is 0 Å². The molecule has 0 fully saturated rings. The van der Waals surface area contributed by atoms with Gasteiger partial charge in [0.2, 0.25) is 0 Å². The Balaban J connectivity index is 1.73. The monoisotopic (exact) mass is 389 g/mol. The minimum atomic E-state index is -0.239. The molecule has 150 valence electrons. The molecule has 0 bridgehead atoms. The highest BCUT2D eigenvalue weighted by atomic mass is 16.5. The fourth-order valence-electron chi connectivity index (χ4n) is 2.90. The quantitative estimate of drug-likeness (QED) is 0.561. The normalized spacial score (nSPS) is 11.0. The van der Waals surface area contributed by atoms with Crippen LogP contribution in [-0.2, 0) is 5.41 Å². The van der Waals surface area contributed by atoms with Crippen molar-refractivity contribution in [2.24, 2.45) is 0 Å². The van der Waals surface area contributed by atoms with Crippen molar-refractivity contribution >= 4 is 23.0 Å². The average molecular weight is 389 g/mol. The lowest BCUT2D eigenvalue weighted by molar-refractivity contribution is 0.102. The van der Waals surface area contributed by atoms with E-state index in [4.69, 9.17) is 4.74 Å². The lowest BCUT2D eigenvalue weighted by atomic mass is 9.87. The molecule has 0 atom stereocenters. The molecule has 0 unspecified atom stereocenters. The van der Waals surface area contributed by atoms with Crippen LogP contribution in [-0.4, -0.2) is 17.5 Å². The molecule has 0 saturated carbocycles. The van der Waals surface area contributed by atoms with Gasteiger partial charge in [0, 0.05) is 11.9 Å². The number of hydrogen-bond donors (Lipinski definition) is 2. The van der Waals surface area contributed by atoms with E-state index in [2.05, 4.69) is 48.5 Å². The predicted octanol–water partition coefficient (Wildman–Crippen LogP) is 5.77. The van der Waals surface area contributed by atoms with Gasteiger partial charge in [-0.3, -0.25) is 9.78 Å². The molecule has 1 aromatic heterocycles. The minimum Gasteiger partial charge on any atom is -0.492 e. The molecule has 5 nitrogen and oxygen atoms in total. The Hall–Kier alpha value is -3.34. The van der Waals surface area contributed by atoms with Gasteiger partial charge < -0.3 is 15.4 Å². The van der Waals surface area contributed by atoms with E-state index in [9.17, 15) is 4.79 Å². The Kier molecular flexibility index (Phi) is 6.17. The van der Waals surface area contributed by atoms with Gasteiger partial charge in [-0.05, 0) is 48.2 Å². The molecule has 0 spiro atoms. The van der Waals surface area contributed by atoms with Crippen LogP contribution in [0.3, 0.4) is 0 Å². The number of rotatable bonds is 6. The van der Waals surface area contributed by atoms with Gasteiger partial charge in [-0.25, -0.2) is 0 Å². The summed E-state index contributed by atoms with van der Waals surface area (Å²) in [7, 11) is 0. The van der Waals surface area contributed by atoms with Crippen LogP contribution in [0.25, 0.3) is 0 Å². The van der Waals surface area contributed by atoms with E-state index in [1.165, 1.54) is 5.56 Å². The molecule has 3 aromatic rings.